The Morgan fingerprint density at radius 1 is 1.45 bits per heavy atom. The van der Waals surface area contributed by atoms with Gasteiger partial charge in [0.15, 0.2) is 5.16 Å². The minimum Gasteiger partial charge on any atom is -0.466 e. The highest BCUT2D eigenvalue weighted by Gasteiger charge is 2.09. The van der Waals surface area contributed by atoms with Gasteiger partial charge in [-0.2, -0.15) is 0 Å². The van der Waals surface area contributed by atoms with Crippen molar-refractivity contribution in [1.82, 2.24) is 20.1 Å². The number of anilines is 1. The number of amides is 1. The molecule has 1 heterocycles. The topological polar surface area (TPSA) is 112 Å². The maximum absolute atomic E-state index is 11.6. The molecule has 0 atom stereocenters. The lowest BCUT2D eigenvalue weighted by Gasteiger charge is -2.05. The molecule has 9 heteroatoms. The zero-order valence-electron chi connectivity index (χ0n) is 11.6. The number of hydrogen-bond acceptors (Lipinski definition) is 7. The van der Waals surface area contributed by atoms with Crippen LogP contribution in [0.25, 0.3) is 0 Å². The van der Waals surface area contributed by atoms with Gasteiger partial charge < -0.3 is 15.8 Å². The number of nitrogens with two attached hydrogens (primary N) is 1. The Hall–Kier alpha value is -1.77. The van der Waals surface area contributed by atoms with Crippen LogP contribution in [0.4, 0.5) is 5.95 Å². The van der Waals surface area contributed by atoms with E-state index in [1.54, 1.807) is 18.5 Å². The van der Waals surface area contributed by atoms with E-state index < -0.39 is 0 Å². The number of rotatable bonds is 8. The van der Waals surface area contributed by atoms with Crippen molar-refractivity contribution < 1.29 is 14.3 Å². The molecular weight excluding hydrogens is 282 g/mol. The van der Waals surface area contributed by atoms with Crippen LogP contribution in [0.2, 0.25) is 0 Å². The fourth-order valence-corrected chi connectivity index (χ4v) is 2.07. The highest BCUT2D eigenvalue weighted by Crippen LogP contribution is 2.15. The SMILES string of the molecule is CCOC(=O)CCCNC(=O)CSc1nnc(N)n1C. The van der Waals surface area contributed by atoms with Crippen LogP contribution < -0.4 is 11.1 Å². The second-order valence-electron chi connectivity index (χ2n) is 3.95. The molecule has 8 nitrogen and oxygen atoms in total. The summed E-state index contributed by atoms with van der Waals surface area (Å²) in [6.07, 6.45) is 0.868. The van der Waals surface area contributed by atoms with Crippen LogP contribution in [0.1, 0.15) is 19.8 Å². The molecule has 0 saturated carbocycles. The molecule has 1 rings (SSSR count). The standard InChI is InChI=1S/C11H19N5O3S/c1-3-19-9(18)5-4-6-13-8(17)7-20-11-15-14-10(12)16(11)2/h3-7H2,1-2H3,(H2,12,14)(H,13,17). The molecule has 1 aromatic rings. The fraction of sp³-hybridized carbons (Fsp3) is 0.636. The van der Waals surface area contributed by atoms with Crippen LogP contribution in [0, 0.1) is 0 Å². The van der Waals surface area contributed by atoms with Crippen LogP contribution in [0.5, 0.6) is 0 Å². The van der Waals surface area contributed by atoms with Crippen molar-refractivity contribution in [2.45, 2.75) is 24.9 Å². The Labute approximate surface area is 121 Å². The number of carbonyl (C=O) groups is 2. The summed E-state index contributed by atoms with van der Waals surface area (Å²) in [4.78, 5) is 22.6. The summed E-state index contributed by atoms with van der Waals surface area (Å²) in [6.45, 7) is 2.58. The van der Waals surface area contributed by atoms with Crippen molar-refractivity contribution in [2.75, 3.05) is 24.6 Å². The first-order valence-electron chi connectivity index (χ1n) is 6.24. The van der Waals surface area contributed by atoms with Gasteiger partial charge in [-0.15, -0.1) is 10.2 Å². The van der Waals surface area contributed by atoms with Crippen molar-refractivity contribution in [3.05, 3.63) is 0 Å². The largest absolute Gasteiger partial charge is 0.466 e. The molecule has 1 amide bonds. The van der Waals surface area contributed by atoms with Gasteiger partial charge in [-0.3, -0.25) is 14.2 Å². The van der Waals surface area contributed by atoms with E-state index in [4.69, 9.17) is 10.5 Å². The smallest absolute Gasteiger partial charge is 0.305 e. The van der Waals surface area contributed by atoms with Gasteiger partial charge in [0.25, 0.3) is 0 Å². The maximum atomic E-state index is 11.6. The van der Waals surface area contributed by atoms with Crippen LogP contribution in [-0.2, 0) is 21.4 Å². The first kappa shape index (κ1) is 16.3. The summed E-state index contributed by atoms with van der Waals surface area (Å²) in [7, 11) is 1.73. The van der Waals surface area contributed by atoms with Crippen molar-refractivity contribution in [3.63, 3.8) is 0 Å². The molecule has 0 radical (unpaired) electrons. The highest BCUT2D eigenvalue weighted by atomic mass is 32.2. The third-order valence-electron chi connectivity index (χ3n) is 2.39. The third kappa shape index (κ3) is 5.47. The molecule has 20 heavy (non-hydrogen) atoms. The predicted molar refractivity (Wildman–Crippen MR) is 75.0 cm³/mol. The summed E-state index contributed by atoms with van der Waals surface area (Å²) in [5.41, 5.74) is 5.53. The molecule has 0 spiro atoms. The molecule has 0 aliphatic rings. The maximum Gasteiger partial charge on any atom is 0.305 e. The van der Waals surface area contributed by atoms with Crippen LogP contribution in [0.3, 0.4) is 0 Å². The second-order valence-corrected chi connectivity index (χ2v) is 4.89. The summed E-state index contributed by atoms with van der Waals surface area (Å²) in [6, 6.07) is 0. The molecule has 1 aromatic heterocycles. The highest BCUT2D eigenvalue weighted by molar-refractivity contribution is 7.99. The molecule has 0 saturated heterocycles. The molecular formula is C11H19N5O3S. The summed E-state index contributed by atoms with van der Waals surface area (Å²) in [5.74, 6) is 0.166. The number of carbonyl (C=O) groups excluding carboxylic acids is 2. The summed E-state index contributed by atoms with van der Waals surface area (Å²) < 4.78 is 6.39. The van der Waals surface area contributed by atoms with E-state index >= 15 is 0 Å². The molecule has 0 unspecified atom stereocenters. The lowest BCUT2D eigenvalue weighted by molar-refractivity contribution is -0.143. The fourth-order valence-electron chi connectivity index (χ4n) is 1.33. The first-order valence-corrected chi connectivity index (χ1v) is 7.23. The molecule has 0 aliphatic carbocycles. The van der Waals surface area contributed by atoms with Crippen LogP contribution in [-0.4, -0.2) is 45.5 Å². The van der Waals surface area contributed by atoms with Gasteiger partial charge in [-0.1, -0.05) is 11.8 Å². The van der Waals surface area contributed by atoms with Crippen molar-refractivity contribution in [2.24, 2.45) is 7.05 Å². The number of hydrogen-bond donors (Lipinski definition) is 2. The van der Waals surface area contributed by atoms with E-state index in [9.17, 15) is 9.59 Å². The van der Waals surface area contributed by atoms with Gasteiger partial charge in [0.1, 0.15) is 0 Å². The third-order valence-corrected chi connectivity index (χ3v) is 3.41. The number of aromatic nitrogens is 3. The van der Waals surface area contributed by atoms with Gasteiger partial charge in [-0.25, -0.2) is 0 Å². The van der Waals surface area contributed by atoms with E-state index in [2.05, 4.69) is 15.5 Å². The quantitative estimate of drug-likeness (QED) is 0.393. The Morgan fingerprint density at radius 2 is 2.20 bits per heavy atom. The van der Waals surface area contributed by atoms with Gasteiger partial charge in [-0.05, 0) is 13.3 Å². The lowest BCUT2D eigenvalue weighted by atomic mass is 10.3. The second kappa shape index (κ2) is 8.41. The Kier molecular flexibility index (Phi) is 6.85. The van der Waals surface area contributed by atoms with E-state index in [-0.39, 0.29) is 17.6 Å². The average molecular weight is 301 g/mol. The first-order chi connectivity index (χ1) is 9.54. The molecule has 0 bridgehead atoms. The van der Waals surface area contributed by atoms with Gasteiger partial charge >= 0.3 is 5.97 Å². The van der Waals surface area contributed by atoms with E-state index in [0.717, 1.165) is 0 Å². The molecule has 3 N–H and O–H groups in total. The number of nitrogens with one attached hydrogen (secondary N) is 1. The number of ether oxygens (including phenoxy) is 1. The van der Waals surface area contributed by atoms with Gasteiger partial charge in [0.2, 0.25) is 11.9 Å². The van der Waals surface area contributed by atoms with Crippen molar-refractivity contribution in [1.29, 1.82) is 0 Å². The summed E-state index contributed by atoms with van der Waals surface area (Å²) in [5, 5.41) is 10.8. The Bertz CT molecular complexity index is 463. The summed E-state index contributed by atoms with van der Waals surface area (Å²) >= 11 is 1.25. The predicted octanol–water partition coefficient (Wildman–Crippen LogP) is -0.0511. The number of thioether (sulfide) groups is 1. The molecule has 0 fully saturated rings. The average Bonchev–Trinajstić information content (AvgIpc) is 2.73. The van der Waals surface area contributed by atoms with Crippen LogP contribution in [0.15, 0.2) is 5.16 Å². The molecule has 0 aliphatic heterocycles. The Morgan fingerprint density at radius 3 is 2.80 bits per heavy atom. The van der Waals surface area contributed by atoms with Crippen LogP contribution >= 0.6 is 11.8 Å². The monoisotopic (exact) mass is 301 g/mol. The molecule has 0 aromatic carbocycles. The van der Waals surface area contributed by atoms with Crippen molar-refractivity contribution >= 4 is 29.6 Å². The van der Waals surface area contributed by atoms with E-state index in [1.165, 1.54) is 11.8 Å². The minimum atomic E-state index is -0.245. The lowest BCUT2D eigenvalue weighted by Crippen LogP contribution is -2.26. The Balaban J connectivity index is 2.15. The number of nitrogens with zero attached hydrogens (tertiary/aromatic N) is 3. The minimum absolute atomic E-state index is 0.125. The number of esters is 1. The van der Waals surface area contributed by atoms with E-state index in [1.807, 2.05) is 0 Å². The van der Waals surface area contributed by atoms with Crippen molar-refractivity contribution in [3.8, 4) is 0 Å². The number of nitrogen functional groups attached to an aromatic ring is 1. The zero-order valence-corrected chi connectivity index (χ0v) is 12.4. The zero-order chi connectivity index (χ0) is 15.0. The van der Waals surface area contributed by atoms with Gasteiger partial charge in [0.05, 0.1) is 12.4 Å². The normalized spacial score (nSPS) is 10.3. The molecule has 112 valence electrons. The van der Waals surface area contributed by atoms with Gasteiger partial charge in [0, 0.05) is 20.0 Å². The van der Waals surface area contributed by atoms with E-state index in [0.29, 0.717) is 37.1 Å².